The molecule has 0 radical (unpaired) electrons. The van der Waals surface area contributed by atoms with E-state index in [1.165, 1.54) is 6.07 Å². The van der Waals surface area contributed by atoms with Gasteiger partial charge in [-0.1, -0.05) is 12.1 Å². The molecular weight excluding hydrogens is 170 g/mol. The number of anilines is 1. The number of hydrogen-bond acceptors (Lipinski definition) is 3. The average Bonchev–Trinajstić information content (AvgIpc) is 2.15. The highest BCUT2D eigenvalue weighted by atomic mass is 16.2. The van der Waals surface area contributed by atoms with Gasteiger partial charge in [0, 0.05) is 5.56 Å². The molecule has 0 unspecified atom stereocenters. The van der Waals surface area contributed by atoms with Crippen molar-refractivity contribution in [2.75, 3.05) is 5.32 Å². The van der Waals surface area contributed by atoms with Crippen LogP contribution in [-0.4, -0.2) is 17.5 Å². The van der Waals surface area contributed by atoms with Gasteiger partial charge in [0.2, 0.25) is 5.78 Å². The van der Waals surface area contributed by atoms with Crippen molar-refractivity contribution in [3.05, 3.63) is 29.8 Å². The molecule has 1 heterocycles. The minimum absolute atomic E-state index is 0.257. The lowest BCUT2D eigenvalue weighted by Gasteiger charge is -2.13. The molecule has 0 fully saturated rings. The normalized spacial score (nSPS) is 15.2. The molecule has 64 valence electrons. The first-order valence-electron chi connectivity index (χ1n) is 3.69. The van der Waals surface area contributed by atoms with Gasteiger partial charge in [0.15, 0.2) is 0 Å². The molecule has 1 aliphatic heterocycles. The summed E-state index contributed by atoms with van der Waals surface area (Å²) < 4.78 is 0. The molecule has 13 heavy (non-hydrogen) atoms. The van der Waals surface area contributed by atoms with Crippen LogP contribution in [0.1, 0.15) is 10.4 Å². The summed E-state index contributed by atoms with van der Waals surface area (Å²) in [7, 11) is 0. The second kappa shape index (κ2) is 2.52. The van der Waals surface area contributed by atoms with Crippen LogP contribution in [0.5, 0.6) is 0 Å². The van der Waals surface area contributed by atoms with Crippen LogP contribution >= 0.6 is 0 Å². The molecule has 0 aromatic heterocycles. The van der Waals surface area contributed by atoms with E-state index in [0.717, 1.165) is 0 Å². The minimum atomic E-state index is -1.00. The molecule has 0 bridgehead atoms. The van der Waals surface area contributed by atoms with Gasteiger partial charge in [-0.2, -0.15) is 0 Å². The highest BCUT2D eigenvalue weighted by Gasteiger charge is 2.31. The van der Waals surface area contributed by atoms with Gasteiger partial charge < -0.3 is 5.32 Å². The van der Waals surface area contributed by atoms with E-state index in [1.807, 2.05) is 0 Å². The van der Waals surface area contributed by atoms with E-state index in [4.69, 9.17) is 0 Å². The monoisotopic (exact) mass is 175 g/mol. The van der Waals surface area contributed by atoms with E-state index in [1.54, 1.807) is 18.2 Å². The van der Waals surface area contributed by atoms with E-state index in [9.17, 15) is 14.4 Å². The Morgan fingerprint density at radius 3 is 2.38 bits per heavy atom. The Hall–Kier alpha value is -1.97. The lowest BCUT2D eigenvalue weighted by Crippen LogP contribution is -2.35. The maximum atomic E-state index is 11.2. The third kappa shape index (κ3) is 1.03. The molecule has 0 spiro atoms. The fourth-order valence-electron chi connectivity index (χ4n) is 1.19. The first-order chi connectivity index (χ1) is 6.20. The fourth-order valence-corrected chi connectivity index (χ4v) is 1.19. The largest absolute Gasteiger partial charge is 0.318 e. The number of para-hydroxylation sites is 1. The Morgan fingerprint density at radius 2 is 1.62 bits per heavy atom. The van der Waals surface area contributed by atoms with Gasteiger partial charge in [0.1, 0.15) is 0 Å². The van der Waals surface area contributed by atoms with Gasteiger partial charge >= 0.3 is 0 Å². The Balaban J connectivity index is 2.62. The number of nitrogens with one attached hydrogen (secondary N) is 1. The molecule has 0 saturated carbocycles. The topological polar surface area (TPSA) is 63.2 Å². The lowest BCUT2D eigenvalue weighted by atomic mass is 10.0. The number of Topliss-reactive ketones (excluding diaryl/α,β-unsaturated/α-hetero) is 2. The number of carbonyl (C=O) groups is 3. The second-order valence-corrected chi connectivity index (χ2v) is 2.66. The number of amides is 1. The zero-order valence-electron chi connectivity index (χ0n) is 6.53. The molecule has 4 heteroatoms. The van der Waals surface area contributed by atoms with Crippen molar-refractivity contribution in [2.24, 2.45) is 0 Å². The zero-order chi connectivity index (χ0) is 9.42. The summed E-state index contributed by atoms with van der Waals surface area (Å²) in [4.78, 5) is 33.0. The summed E-state index contributed by atoms with van der Waals surface area (Å²) in [6, 6.07) is 6.41. The first-order valence-corrected chi connectivity index (χ1v) is 3.69. The number of hydrogen-bond donors (Lipinski definition) is 1. The summed E-state index contributed by atoms with van der Waals surface area (Å²) in [6.45, 7) is 0. The third-order valence-corrected chi connectivity index (χ3v) is 1.83. The standard InChI is InChI=1S/C9H5NO3/c11-7-5-3-1-2-4-6(5)10-9(13)8(7)12/h1-4H,(H,10,13). The van der Waals surface area contributed by atoms with Crippen LogP contribution in [0, 0.1) is 0 Å². The summed E-state index contributed by atoms with van der Waals surface area (Å²) in [5.74, 6) is -2.60. The van der Waals surface area contributed by atoms with Crippen molar-refractivity contribution in [2.45, 2.75) is 0 Å². The van der Waals surface area contributed by atoms with Crippen LogP contribution in [0.3, 0.4) is 0 Å². The summed E-state index contributed by atoms with van der Waals surface area (Å²) >= 11 is 0. The van der Waals surface area contributed by atoms with Crippen LogP contribution < -0.4 is 5.32 Å². The van der Waals surface area contributed by atoms with E-state index >= 15 is 0 Å². The van der Waals surface area contributed by atoms with E-state index in [2.05, 4.69) is 5.32 Å². The van der Waals surface area contributed by atoms with Gasteiger partial charge in [-0.25, -0.2) is 0 Å². The summed E-state index contributed by atoms with van der Waals surface area (Å²) in [5.41, 5.74) is 0.657. The third-order valence-electron chi connectivity index (χ3n) is 1.83. The van der Waals surface area contributed by atoms with Crippen LogP contribution in [0.4, 0.5) is 5.69 Å². The molecule has 0 atom stereocenters. The molecule has 1 aromatic carbocycles. The van der Waals surface area contributed by atoms with Gasteiger partial charge in [0.25, 0.3) is 11.7 Å². The van der Waals surface area contributed by atoms with Crippen molar-refractivity contribution in [3.8, 4) is 0 Å². The Bertz CT molecular complexity index is 423. The number of fused-ring (bicyclic) bond motifs is 1. The van der Waals surface area contributed by atoms with Crippen molar-refractivity contribution in [1.29, 1.82) is 0 Å². The van der Waals surface area contributed by atoms with E-state index in [-0.39, 0.29) is 5.56 Å². The molecule has 1 N–H and O–H groups in total. The highest BCUT2D eigenvalue weighted by Crippen LogP contribution is 2.19. The van der Waals surface area contributed by atoms with Crippen molar-refractivity contribution < 1.29 is 14.4 Å². The summed E-state index contributed by atoms with van der Waals surface area (Å²) in [5, 5.41) is 2.33. The summed E-state index contributed by atoms with van der Waals surface area (Å²) in [6.07, 6.45) is 0. The Labute approximate surface area is 73.6 Å². The first kappa shape index (κ1) is 7.67. The van der Waals surface area contributed by atoms with Gasteiger partial charge in [-0.05, 0) is 12.1 Å². The van der Waals surface area contributed by atoms with Crippen molar-refractivity contribution >= 4 is 23.2 Å². The van der Waals surface area contributed by atoms with Crippen molar-refractivity contribution in [3.63, 3.8) is 0 Å². The lowest BCUT2D eigenvalue weighted by molar-refractivity contribution is -0.132. The number of benzene rings is 1. The van der Waals surface area contributed by atoms with Gasteiger partial charge in [0.05, 0.1) is 5.69 Å². The maximum Gasteiger partial charge on any atom is 0.300 e. The van der Waals surface area contributed by atoms with E-state index in [0.29, 0.717) is 5.69 Å². The van der Waals surface area contributed by atoms with E-state index < -0.39 is 17.5 Å². The van der Waals surface area contributed by atoms with Crippen LogP contribution in [-0.2, 0) is 9.59 Å². The van der Waals surface area contributed by atoms with Gasteiger partial charge in [-0.3, -0.25) is 14.4 Å². The second-order valence-electron chi connectivity index (χ2n) is 2.66. The number of rotatable bonds is 0. The SMILES string of the molecule is O=C1Nc2ccccc2C(=O)C1=O. The molecule has 0 saturated heterocycles. The average molecular weight is 175 g/mol. The molecule has 1 aliphatic rings. The Kier molecular flexibility index (Phi) is 1.48. The maximum absolute atomic E-state index is 11.2. The minimum Gasteiger partial charge on any atom is -0.318 e. The number of ketones is 2. The highest BCUT2D eigenvalue weighted by molar-refractivity contribution is 6.70. The molecular formula is C9H5NO3. The fraction of sp³-hybridized carbons (Fsp3) is 0. The van der Waals surface area contributed by atoms with Crippen molar-refractivity contribution in [1.82, 2.24) is 0 Å². The van der Waals surface area contributed by atoms with Crippen LogP contribution in [0.2, 0.25) is 0 Å². The predicted octanol–water partition coefficient (Wildman–Crippen LogP) is 0.390. The molecule has 1 amide bonds. The molecule has 4 nitrogen and oxygen atoms in total. The molecule has 2 rings (SSSR count). The molecule has 0 aliphatic carbocycles. The molecule has 1 aromatic rings. The smallest absolute Gasteiger partial charge is 0.300 e. The predicted molar refractivity (Wildman–Crippen MR) is 44.4 cm³/mol. The van der Waals surface area contributed by atoms with Crippen LogP contribution in [0.25, 0.3) is 0 Å². The Morgan fingerprint density at radius 1 is 0.923 bits per heavy atom. The van der Waals surface area contributed by atoms with Crippen LogP contribution in [0.15, 0.2) is 24.3 Å². The number of carbonyl (C=O) groups excluding carboxylic acids is 3. The van der Waals surface area contributed by atoms with Gasteiger partial charge in [-0.15, -0.1) is 0 Å². The zero-order valence-corrected chi connectivity index (χ0v) is 6.53. The quantitative estimate of drug-likeness (QED) is 0.580.